The summed E-state index contributed by atoms with van der Waals surface area (Å²) in [5.74, 6) is 0.329. The van der Waals surface area contributed by atoms with Crippen LogP contribution in [0.15, 0.2) is 29.0 Å². The molecule has 0 fully saturated rings. The summed E-state index contributed by atoms with van der Waals surface area (Å²) in [6.07, 6.45) is 3.24. The summed E-state index contributed by atoms with van der Waals surface area (Å²) in [4.78, 5) is 12.4. The lowest BCUT2D eigenvalue weighted by atomic mass is 10.0. The van der Waals surface area contributed by atoms with Crippen LogP contribution in [0.25, 0.3) is 0 Å². The second-order valence-corrected chi connectivity index (χ2v) is 5.87. The molecule has 0 saturated heterocycles. The minimum Gasteiger partial charge on any atom is -0.466 e. The Labute approximate surface area is 130 Å². The molecule has 2 heterocycles. The molecule has 0 bridgehead atoms. The fourth-order valence-corrected chi connectivity index (χ4v) is 2.22. The standard InChI is InChI=1S/C16H23N3O3/c1-5-19-9-12(14(18-19)11(2)3)15(20)17-10-16(4,21)13-7-6-8-22-13/h6-9,11,21H,5,10H2,1-4H3,(H,17,20)/t16-/m1/s1. The van der Waals surface area contributed by atoms with Gasteiger partial charge in [-0.3, -0.25) is 9.48 Å². The number of aryl methyl sites for hydroxylation is 1. The number of carbonyl (C=O) groups is 1. The third-order valence-electron chi connectivity index (χ3n) is 3.55. The fraction of sp³-hybridized carbons (Fsp3) is 0.500. The average molecular weight is 305 g/mol. The van der Waals surface area contributed by atoms with Crippen molar-refractivity contribution < 1.29 is 14.3 Å². The van der Waals surface area contributed by atoms with Gasteiger partial charge in [0.1, 0.15) is 11.4 Å². The van der Waals surface area contributed by atoms with E-state index in [9.17, 15) is 9.90 Å². The molecule has 0 saturated carbocycles. The molecule has 0 spiro atoms. The molecule has 0 aliphatic rings. The molecule has 2 N–H and O–H groups in total. The molecule has 2 rings (SSSR count). The molecule has 0 aromatic carbocycles. The molecule has 22 heavy (non-hydrogen) atoms. The van der Waals surface area contributed by atoms with Crippen molar-refractivity contribution in [3.63, 3.8) is 0 Å². The van der Waals surface area contributed by atoms with Gasteiger partial charge >= 0.3 is 0 Å². The number of amides is 1. The average Bonchev–Trinajstić information content (AvgIpc) is 3.13. The van der Waals surface area contributed by atoms with E-state index in [1.807, 2.05) is 20.8 Å². The minimum atomic E-state index is -1.25. The van der Waals surface area contributed by atoms with E-state index in [0.717, 1.165) is 5.69 Å². The Balaban J connectivity index is 2.11. The van der Waals surface area contributed by atoms with E-state index in [4.69, 9.17) is 4.42 Å². The first-order valence-electron chi connectivity index (χ1n) is 7.47. The molecular weight excluding hydrogens is 282 g/mol. The Kier molecular flexibility index (Phi) is 4.71. The van der Waals surface area contributed by atoms with Crippen molar-refractivity contribution in [1.29, 1.82) is 0 Å². The summed E-state index contributed by atoms with van der Waals surface area (Å²) in [6, 6.07) is 3.38. The molecule has 6 heteroatoms. The summed E-state index contributed by atoms with van der Waals surface area (Å²) in [5, 5.41) is 17.5. The molecule has 1 atom stereocenters. The lowest BCUT2D eigenvalue weighted by Gasteiger charge is -2.21. The molecule has 2 aromatic rings. The Bertz CT molecular complexity index is 627. The first-order valence-corrected chi connectivity index (χ1v) is 7.47. The fourth-order valence-electron chi connectivity index (χ4n) is 2.22. The van der Waals surface area contributed by atoms with E-state index in [-0.39, 0.29) is 18.4 Å². The highest BCUT2D eigenvalue weighted by atomic mass is 16.4. The van der Waals surface area contributed by atoms with Crippen molar-refractivity contribution in [2.75, 3.05) is 6.54 Å². The molecule has 6 nitrogen and oxygen atoms in total. The number of furan rings is 1. The maximum absolute atomic E-state index is 12.4. The Hall–Kier alpha value is -2.08. The van der Waals surface area contributed by atoms with Crippen LogP contribution in [0.1, 0.15) is 55.4 Å². The Morgan fingerprint density at radius 2 is 2.27 bits per heavy atom. The van der Waals surface area contributed by atoms with Crippen LogP contribution < -0.4 is 5.32 Å². The van der Waals surface area contributed by atoms with Crippen molar-refractivity contribution in [2.45, 2.75) is 45.8 Å². The number of aliphatic hydroxyl groups is 1. The Morgan fingerprint density at radius 1 is 1.55 bits per heavy atom. The molecule has 0 aliphatic carbocycles. The van der Waals surface area contributed by atoms with Crippen LogP contribution >= 0.6 is 0 Å². The van der Waals surface area contributed by atoms with Gasteiger partial charge < -0.3 is 14.8 Å². The zero-order valence-corrected chi connectivity index (χ0v) is 13.5. The van der Waals surface area contributed by atoms with E-state index >= 15 is 0 Å². The van der Waals surface area contributed by atoms with Gasteiger partial charge in [0.15, 0.2) is 0 Å². The first-order chi connectivity index (χ1) is 10.3. The molecular formula is C16H23N3O3. The highest BCUT2D eigenvalue weighted by Gasteiger charge is 2.28. The van der Waals surface area contributed by atoms with Gasteiger partial charge in [0.25, 0.3) is 5.91 Å². The summed E-state index contributed by atoms with van der Waals surface area (Å²) in [5.41, 5.74) is 0.0573. The maximum Gasteiger partial charge on any atom is 0.254 e. The normalized spacial score (nSPS) is 14.1. The van der Waals surface area contributed by atoms with Crippen LogP contribution in [0.4, 0.5) is 0 Å². The molecule has 120 valence electrons. The smallest absolute Gasteiger partial charge is 0.254 e. The second kappa shape index (κ2) is 6.36. The van der Waals surface area contributed by atoms with Crippen LogP contribution in [0, 0.1) is 0 Å². The third-order valence-corrected chi connectivity index (χ3v) is 3.55. The second-order valence-electron chi connectivity index (χ2n) is 5.87. The number of rotatable bonds is 6. The van der Waals surface area contributed by atoms with Gasteiger partial charge in [-0.05, 0) is 31.9 Å². The van der Waals surface area contributed by atoms with Crippen LogP contribution in [0.2, 0.25) is 0 Å². The number of nitrogens with zero attached hydrogens (tertiary/aromatic N) is 2. The van der Waals surface area contributed by atoms with Crippen LogP contribution in [-0.2, 0) is 12.1 Å². The van der Waals surface area contributed by atoms with E-state index in [1.54, 1.807) is 29.9 Å². The molecule has 0 unspecified atom stereocenters. The van der Waals surface area contributed by atoms with Gasteiger partial charge in [-0.15, -0.1) is 0 Å². The monoisotopic (exact) mass is 305 g/mol. The van der Waals surface area contributed by atoms with Gasteiger partial charge in [0.05, 0.1) is 24.1 Å². The van der Waals surface area contributed by atoms with Gasteiger partial charge in [0, 0.05) is 12.7 Å². The predicted octanol–water partition coefficient (Wildman–Crippen LogP) is 2.26. The molecule has 2 aromatic heterocycles. The highest BCUT2D eigenvalue weighted by molar-refractivity contribution is 5.95. The first kappa shape index (κ1) is 16.3. The van der Waals surface area contributed by atoms with Gasteiger partial charge in [-0.2, -0.15) is 5.10 Å². The number of nitrogens with one attached hydrogen (secondary N) is 1. The van der Waals surface area contributed by atoms with Crippen molar-refractivity contribution >= 4 is 5.91 Å². The summed E-state index contributed by atoms with van der Waals surface area (Å²) in [7, 11) is 0. The molecule has 0 aliphatic heterocycles. The summed E-state index contributed by atoms with van der Waals surface area (Å²) >= 11 is 0. The van der Waals surface area contributed by atoms with Crippen LogP contribution in [0.5, 0.6) is 0 Å². The van der Waals surface area contributed by atoms with Gasteiger partial charge in [-0.1, -0.05) is 13.8 Å². The van der Waals surface area contributed by atoms with Gasteiger partial charge in [0.2, 0.25) is 0 Å². The zero-order valence-electron chi connectivity index (χ0n) is 13.5. The molecule has 0 radical (unpaired) electrons. The Morgan fingerprint density at radius 3 is 2.82 bits per heavy atom. The molecule has 1 amide bonds. The minimum absolute atomic E-state index is 0.0637. The highest BCUT2D eigenvalue weighted by Crippen LogP contribution is 2.21. The SMILES string of the molecule is CCn1cc(C(=O)NC[C@@](C)(O)c2ccco2)c(C(C)C)n1. The predicted molar refractivity (Wildman–Crippen MR) is 82.6 cm³/mol. The third kappa shape index (κ3) is 3.39. The van der Waals surface area contributed by atoms with E-state index in [1.165, 1.54) is 6.26 Å². The lowest BCUT2D eigenvalue weighted by Crippen LogP contribution is -2.38. The largest absolute Gasteiger partial charge is 0.466 e. The van der Waals surface area contributed by atoms with Gasteiger partial charge in [-0.25, -0.2) is 0 Å². The zero-order chi connectivity index (χ0) is 16.3. The topological polar surface area (TPSA) is 80.3 Å². The maximum atomic E-state index is 12.4. The summed E-state index contributed by atoms with van der Waals surface area (Å²) < 4.78 is 6.95. The summed E-state index contributed by atoms with van der Waals surface area (Å²) in [6.45, 7) is 8.34. The lowest BCUT2D eigenvalue weighted by molar-refractivity contribution is 0.0330. The van der Waals surface area contributed by atoms with Crippen molar-refractivity contribution in [3.05, 3.63) is 41.6 Å². The van der Waals surface area contributed by atoms with Crippen molar-refractivity contribution in [2.24, 2.45) is 0 Å². The van der Waals surface area contributed by atoms with Crippen LogP contribution in [0.3, 0.4) is 0 Å². The quantitative estimate of drug-likeness (QED) is 0.858. The van der Waals surface area contributed by atoms with Crippen molar-refractivity contribution in [1.82, 2.24) is 15.1 Å². The number of hydrogen-bond acceptors (Lipinski definition) is 4. The van der Waals surface area contributed by atoms with E-state index < -0.39 is 5.60 Å². The van der Waals surface area contributed by atoms with E-state index in [0.29, 0.717) is 17.9 Å². The number of aromatic nitrogens is 2. The number of carbonyl (C=O) groups excluding carboxylic acids is 1. The van der Waals surface area contributed by atoms with Crippen molar-refractivity contribution in [3.8, 4) is 0 Å². The number of hydrogen-bond donors (Lipinski definition) is 2. The van der Waals surface area contributed by atoms with Crippen LogP contribution in [-0.4, -0.2) is 27.3 Å². The van der Waals surface area contributed by atoms with E-state index in [2.05, 4.69) is 10.4 Å².